The lowest BCUT2D eigenvalue weighted by Gasteiger charge is -2.11. The maximum Gasteiger partial charge on any atom is 0.319 e. The van der Waals surface area contributed by atoms with Gasteiger partial charge in [-0.1, -0.05) is 13.8 Å². The molecule has 1 rings (SSSR count). The molecular formula is C9H15NO3. The van der Waals surface area contributed by atoms with E-state index in [9.17, 15) is 9.59 Å². The van der Waals surface area contributed by atoms with Gasteiger partial charge in [-0.3, -0.25) is 9.59 Å². The molecule has 13 heavy (non-hydrogen) atoms. The Balaban J connectivity index is 2.44. The minimum Gasteiger partial charge on any atom is -0.480 e. The molecule has 4 heteroatoms. The third-order valence-corrected chi connectivity index (χ3v) is 2.26. The topological polar surface area (TPSA) is 66.4 Å². The number of carboxylic acids is 1. The average Bonchev–Trinajstić information content (AvgIpc) is 2.79. The molecule has 0 atom stereocenters. The van der Waals surface area contributed by atoms with E-state index >= 15 is 0 Å². The fourth-order valence-electron chi connectivity index (χ4n) is 1.13. The summed E-state index contributed by atoms with van der Waals surface area (Å²) in [6.07, 6.45) is 0.957. The van der Waals surface area contributed by atoms with Crippen molar-refractivity contribution in [1.82, 2.24) is 5.32 Å². The van der Waals surface area contributed by atoms with E-state index in [1.807, 2.05) is 13.8 Å². The van der Waals surface area contributed by atoms with E-state index in [1.54, 1.807) is 0 Å². The lowest BCUT2D eigenvalue weighted by Crippen LogP contribution is -2.38. The normalized spacial score (nSPS) is 18.4. The van der Waals surface area contributed by atoms with Crippen molar-refractivity contribution in [3.05, 3.63) is 0 Å². The molecule has 0 saturated heterocycles. The SMILES string of the molecule is CC(C)CNC(=O)C1(C(=O)O)CC1. The molecule has 4 nitrogen and oxygen atoms in total. The summed E-state index contributed by atoms with van der Waals surface area (Å²) in [6.45, 7) is 4.50. The van der Waals surface area contributed by atoms with E-state index in [4.69, 9.17) is 5.11 Å². The predicted molar refractivity (Wildman–Crippen MR) is 47.2 cm³/mol. The summed E-state index contributed by atoms with van der Waals surface area (Å²) in [5, 5.41) is 11.4. The first-order valence-electron chi connectivity index (χ1n) is 4.51. The summed E-state index contributed by atoms with van der Waals surface area (Å²) < 4.78 is 0. The number of hydrogen-bond acceptors (Lipinski definition) is 2. The molecule has 0 heterocycles. The maximum atomic E-state index is 11.4. The summed E-state index contributed by atoms with van der Waals surface area (Å²) >= 11 is 0. The Morgan fingerprint density at radius 3 is 2.31 bits per heavy atom. The zero-order chi connectivity index (χ0) is 10.1. The van der Waals surface area contributed by atoms with Crippen molar-refractivity contribution < 1.29 is 14.7 Å². The summed E-state index contributed by atoms with van der Waals surface area (Å²) in [6, 6.07) is 0. The molecule has 1 aliphatic carbocycles. The zero-order valence-electron chi connectivity index (χ0n) is 7.96. The van der Waals surface area contributed by atoms with Crippen LogP contribution in [0.25, 0.3) is 0 Å². The number of amides is 1. The number of nitrogens with one attached hydrogen (secondary N) is 1. The van der Waals surface area contributed by atoms with Crippen LogP contribution in [-0.2, 0) is 9.59 Å². The quantitative estimate of drug-likeness (QED) is 0.631. The molecule has 0 aromatic rings. The molecule has 1 saturated carbocycles. The molecule has 1 fully saturated rings. The highest BCUT2D eigenvalue weighted by molar-refractivity contribution is 6.04. The van der Waals surface area contributed by atoms with Gasteiger partial charge in [-0.15, -0.1) is 0 Å². The van der Waals surface area contributed by atoms with Gasteiger partial charge in [0, 0.05) is 6.54 Å². The van der Waals surface area contributed by atoms with Crippen molar-refractivity contribution in [3.63, 3.8) is 0 Å². The van der Waals surface area contributed by atoms with Crippen LogP contribution in [0.5, 0.6) is 0 Å². The number of carboxylic acid groups (broad SMARTS) is 1. The van der Waals surface area contributed by atoms with Gasteiger partial charge in [-0.05, 0) is 18.8 Å². The number of carbonyl (C=O) groups excluding carboxylic acids is 1. The summed E-state index contributed by atoms with van der Waals surface area (Å²) in [7, 11) is 0. The van der Waals surface area contributed by atoms with E-state index < -0.39 is 11.4 Å². The van der Waals surface area contributed by atoms with Crippen LogP contribution in [0.15, 0.2) is 0 Å². The van der Waals surface area contributed by atoms with Crippen LogP contribution in [0.3, 0.4) is 0 Å². The van der Waals surface area contributed by atoms with E-state index in [0.717, 1.165) is 0 Å². The highest BCUT2D eigenvalue weighted by atomic mass is 16.4. The second-order valence-corrected chi connectivity index (χ2v) is 3.99. The molecular weight excluding hydrogens is 170 g/mol. The minimum absolute atomic E-state index is 0.325. The third kappa shape index (κ3) is 1.99. The molecule has 0 spiro atoms. The van der Waals surface area contributed by atoms with Crippen molar-refractivity contribution in [3.8, 4) is 0 Å². The Morgan fingerprint density at radius 2 is 2.00 bits per heavy atom. The van der Waals surface area contributed by atoms with Gasteiger partial charge in [-0.2, -0.15) is 0 Å². The van der Waals surface area contributed by atoms with Crippen LogP contribution in [0.4, 0.5) is 0 Å². The first-order valence-corrected chi connectivity index (χ1v) is 4.51. The number of rotatable bonds is 4. The van der Waals surface area contributed by atoms with Gasteiger partial charge in [0.1, 0.15) is 5.41 Å². The molecule has 74 valence electrons. The Kier molecular flexibility index (Phi) is 2.59. The van der Waals surface area contributed by atoms with Crippen molar-refractivity contribution in [1.29, 1.82) is 0 Å². The maximum absolute atomic E-state index is 11.4. The van der Waals surface area contributed by atoms with E-state index in [-0.39, 0.29) is 5.91 Å². The minimum atomic E-state index is -1.09. The molecule has 0 radical (unpaired) electrons. The molecule has 1 aliphatic rings. The monoisotopic (exact) mass is 185 g/mol. The molecule has 1 amide bonds. The number of hydrogen-bond donors (Lipinski definition) is 2. The summed E-state index contributed by atoms with van der Waals surface area (Å²) in [5.41, 5.74) is -1.09. The second kappa shape index (κ2) is 3.36. The molecule has 0 bridgehead atoms. The van der Waals surface area contributed by atoms with Gasteiger partial charge in [0.15, 0.2) is 0 Å². The first kappa shape index (κ1) is 10.0. The van der Waals surface area contributed by atoms with Gasteiger partial charge in [0.05, 0.1) is 0 Å². The Morgan fingerprint density at radius 1 is 1.46 bits per heavy atom. The van der Waals surface area contributed by atoms with Crippen LogP contribution in [0.2, 0.25) is 0 Å². The third-order valence-electron chi connectivity index (χ3n) is 2.26. The first-order chi connectivity index (χ1) is 5.99. The van der Waals surface area contributed by atoms with E-state index in [1.165, 1.54) is 0 Å². The van der Waals surface area contributed by atoms with Crippen molar-refractivity contribution >= 4 is 11.9 Å². The zero-order valence-corrected chi connectivity index (χ0v) is 7.96. The van der Waals surface area contributed by atoms with Crippen molar-refractivity contribution in [2.45, 2.75) is 26.7 Å². The fourth-order valence-corrected chi connectivity index (χ4v) is 1.13. The Labute approximate surface area is 77.3 Å². The standard InChI is InChI=1S/C9H15NO3/c1-6(2)5-10-7(11)9(3-4-9)8(12)13/h6H,3-5H2,1-2H3,(H,10,11)(H,12,13). The van der Waals surface area contributed by atoms with Gasteiger partial charge in [-0.25, -0.2) is 0 Å². The lowest BCUT2D eigenvalue weighted by atomic mass is 10.1. The average molecular weight is 185 g/mol. The Bertz CT molecular complexity index is 231. The highest BCUT2D eigenvalue weighted by Gasteiger charge is 2.56. The van der Waals surface area contributed by atoms with Gasteiger partial charge < -0.3 is 10.4 Å². The van der Waals surface area contributed by atoms with Crippen LogP contribution in [-0.4, -0.2) is 23.5 Å². The van der Waals surface area contributed by atoms with Gasteiger partial charge in [0.2, 0.25) is 5.91 Å². The molecule has 0 aliphatic heterocycles. The highest BCUT2D eigenvalue weighted by Crippen LogP contribution is 2.46. The summed E-state index contributed by atoms with van der Waals surface area (Å²) in [5.74, 6) is -0.962. The largest absolute Gasteiger partial charge is 0.480 e. The molecule has 2 N–H and O–H groups in total. The van der Waals surface area contributed by atoms with Crippen molar-refractivity contribution in [2.75, 3.05) is 6.54 Å². The predicted octanol–water partition coefficient (Wildman–Crippen LogP) is 0.623. The van der Waals surface area contributed by atoms with Crippen LogP contribution in [0.1, 0.15) is 26.7 Å². The van der Waals surface area contributed by atoms with Crippen LogP contribution >= 0.6 is 0 Å². The van der Waals surface area contributed by atoms with E-state index in [0.29, 0.717) is 25.3 Å². The number of carbonyl (C=O) groups is 2. The number of aliphatic carboxylic acids is 1. The lowest BCUT2D eigenvalue weighted by molar-refractivity contribution is -0.149. The van der Waals surface area contributed by atoms with Crippen LogP contribution in [0, 0.1) is 11.3 Å². The van der Waals surface area contributed by atoms with Gasteiger partial charge in [0.25, 0.3) is 0 Å². The Hall–Kier alpha value is -1.06. The van der Waals surface area contributed by atoms with Gasteiger partial charge >= 0.3 is 5.97 Å². The summed E-state index contributed by atoms with van der Waals surface area (Å²) in [4.78, 5) is 22.1. The molecule has 0 aromatic carbocycles. The molecule has 0 unspecified atom stereocenters. The second-order valence-electron chi connectivity index (χ2n) is 3.99. The smallest absolute Gasteiger partial charge is 0.319 e. The van der Waals surface area contributed by atoms with Crippen LogP contribution < -0.4 is 5.32 Å². The van der Waals surface area contributed by atoms with Crippen molar-refractivity contribution in [2.24, 2.45) is 11.3 Å². The fraction of sp³-hybridized carbons (Fsp3) is 0.778. The molecule has 0 aromatic heterocycles. The van der Waals surface area contributed by atoms with E-state index in [2.05, 4.69) is 5.32 Å².